The predicted octanol–water partition coefficient (Wildman–Crippen LogP) is 3.56. The standard InChI is InChI=1S/C12H9F3N2OS/c13-8-5-9(16)11(6-10(8)18-12(14)15)19-7-1-3-17-4-2-7/h1-6,12H,16H2. The van der Waals surface area contributed by atoms with Gasteiger partial charge < -0.3 is 10.5 Å². The van der Waals surface area contributed by atoms with E-state index in [2.05, 4.69) is 9.72 Å². The molecule has 0 aliphatic rings. The highest BCUT2D eigenvalue weighted by Crippen LogP contribution is 2.36. The van der Waals surface area contributed by atoms with E-state index in [0.29, 0.717) is 4.90 Å². The van der Waals surface area contributed by atoms with Crippen molar-refractivity contribution in [3.8, 4) is 5.75 Å². The molecule has 0 fully saturated rings. The Kier molecular flexibility index (Phi) is 4.16. The van der Waals surface area contributed by atoms with E-state index in [9.17, 15) is 13.2 Å². The maximum absolute atomic E-state index is 13.4. The summed E-state index contributed by atoms with van der Waals surface area (Å²) in [7, 11) is 0. The zero-order valence-electron chi connectivity index (χ0n) is 9.52. The number of ether oxygens (including phenoxy) is 1. The molecule has 0 radical (unpaired) electrons. The molecule has 0 saturated carbocycles. The number of hydrogen-bond donors (Lipinski definition) is 1. The number of pyridine rings is 1. The van der Waals surface area contributed by atoms with Crippen molar-refractivity contribution in [3.05, 3.63) is 42.5 Å². The topological polar surface area (TPSA) is 48.1 Å². The van der Waals surface area contributed by atoms with Crippen molar-refractivity contribution < 1.29 is 17.9 Å². The summed E-state index contributed by atoms with van der Waals surface area (Å²) in [5.41, 5.74) is 5.80. The monoisotopic (exact) mass is 286 g/mol. The van der Waals surface area contributed by atoms with Gasteiger partial charge in [-0.05, 0) is 18.2 Å². The number of nitrogens with zero attached hydrogens (tertiary/aromatic N) is 1. The molecule has 2 N–H and O–H groups in total. The van der Waals surface area contributed by atoms with Crippen LogP contribution in [0.2, 0.25) is 0 Å². The smallest absolute Gasteiger partial charge is 0.387 e. The average molecular weight is 286 g/mol. The van der Waals surface area contributed by atoms with Gasteiger partial charge in [-0.2, -0.15) is 8.78 Å². The molecule has 0 amide bonds. The predicted molar refractivity (Wildman–Crippen MR) is 65.8 cm³/mol. The van der Waals surface area contributed by atoms with Crippen LogP contribution in [0.1, 0.15) is 0 Å². The van der Waals surface area contributed by atoms with Crippen molar-refractivity contribution in [1.29, 1.82) is 0 Å². The molecule has 1 heterocycles. The van der Waals surface area contributed by atoms with Crippen LogP contribution >= 0.6 is 11.8 Å². The third-order valence-electron chi connectivity index (χ3n) is 2.16. The SMILES string of the molecule is Nc1cc(F)c(OC(F)F)cc1Sc1ccncc1. The summed E-state index contributed by atoms with van der Waals surface area (Å²) in [5.74, 6) is -1.45. The molecule has 0 atom stereocenters. The third-order valence-corrected chi connectivity index (χ3v) is 3.24. The molecule has 2 aromatic rings. The number of nitrogens with two attached hydrogens (primary N) is 1. The molecule has 2 rings (SSSR count). The van der Waals surface area contributed by atoms with Gasteiger partial charge in [0.2, 0.25) is 0 Å². The van der Waals surface area contributed by atoms with Gasteiger partial charge in [0.15, 0.2) is 11.6 Å². The van der Waals surface area contributed by atoms with E-state index in [1.807, 2.05) is 0 Å². The largest absolute Gasteiger partial charge is 0.432 e. The fourth-order valence-electron chi connectivity index (χ4n) is 1.36. The van der Waals surface area contributed by atoms with Gasteiger partial charge in [0.1, 0.15) is 0 Å². The fraction of sp³-hybridized carbons (Fsp3) is 0.0833. The van der Waals surface area contributed by atoms with Crippen LogP contribution < -0.4 is 10.5 Å². The highest BCUT2D eigenvalue weighted by atomic mass is 32.2. The summed E-state index contributed by atoms with van der Waals surface area (Å²) in [4.78, 5) is 5.09. The van der Waals surface area contributed by atoms with Crippen LogP contribution in [0, 0.1) is 5.82 Å². The molecule has 0 bridgehead atoms. The zero-order chi connectivity index (χ0) is 13.8. The average Bonchev–Trinajstić information content (AvgIpc) is 2.36. The van der Waals surface area contributed by atoms with E-state index >= 15 is 0 Å². The second-order valence-corrected chi connectivity index (χ2v) is 4.60. The Labute approximate surface area is 111 Å². The van der Waals surface area contributed by atoms with Crippen molar-refractivity contribution in [1.82, 2.24) is 4.98 Å². The number of nitrogen functional groups attached to an aromatic ring is 1. The minimum absolute atomic E-state index is 0.154. The quantitative estimate of drug-likeness (QED) is 0.873. The summed E-state index contributed by atoms with van der Waals surface area (Å²) in [6, 6.07) is 5.56. The molecule has 7 heteroatoms. The first-order valence-electron chi connectivity index (χ1n) is 5.18. The van der Waals surface area contributed by atoms with E-state index in [1.165, 1.54) is 11.8 Å². The van der Waals surface area contributed by atoms with Crippen LogP contribution in [-0.4, -0.2) is 11.6 Å². The summed E-state index contributed by atoms with van der Waals surface area (Å²) in [5, 5.41) is 0. The highest BCUT2D eigenvalue weighted by molar-refractivity contribution is 7.99. The Morgan fingerprint density at radius 2 is 1.89 bits per heavy atom. The van der Waals surface area contributed by atoms with E-state index in [4.69, 9.17) is 5.73 Å². The summed E-state index contributed by atoms with van der Waals surface area (Å²) in [6.07, 6.45) is 3.16. The lowest BCUT2D eigenvalue weighted by Crippen LogP contribution is -2.04. The second-order valence-electron chi connectivity index (χ2n) is 3.48. The maximum Gasteiger partial charge on any atom is 0.387 e. The fourth-order valence-corrected chi connectivity index (χ4v) is 2.21. The number of hydrogen-bond acceptors (Lipinski definition) is 4. The Balaban J connectivity index is 2.29. The van der Waals surface area contributed by atoms with Gasteiger partial charge in [0.05, 0.1) is 0 Å². The lowest BCUT2D eigenvalue weighted by molar-refractivity contribution is -0.0523. The molecule has 0 aliphatic carbocycles. The molecule has 0 spiro atoms. The van der Waals surface area contributed by atoms with Crippen molar-refractivity contribution in [3.63, 3.8) is 0 Å². The van der Waals surface area contributed by atoms with Crippen LogP contribution in [-0.2, 0) is 0 Å². The Morgan fingerprint density at radius 1 is 1.21 bits per heavy atom. The maximum atomic E-state index is 13.4. The van der Waals surface area contributed by atoms with Gasteiger partial charge in [-0.3, -0.25) is 4.98 Å². The second kappa shape index (κ2) is 5.83. The lowest BCUT2D eigenvalue weighted by atomic mass is 10.3. The van der Waals surface area contributed by atoms with E-state index in [-0.39, 0.29) is 5.69 Å². The molecule has 100 valence electrons. The molecular formula is C12H9F3N2OS. The van der Waals surface area contributed by atoms with Gasteiger partial charge in [0.25, 0.3) is 0 Å². The van der Waals surface area contributed by atoms with Gasteiger partial charge in [-0.25, -0.2) is 4.39 Å². The Hall–Kier alpha value is -1.89. The van der Waals surface area contributed by atoms with Crippen LogP contribution in [0.3, 0.4) is 0 Å². The van der Waals surface area contributed by atoms with E-state index in [1.54, 1.807) is 24.5 Å². The molecule has 0 aliphatic heterocycles. The minimum atomic E-state index is -3.09. The zero-order valence-corrected chi connectivity index (χ0v) is 10.3. The van der Waals surface area contributed by atoms with Crippen molar-refractivity contribution in [2.75, 3.05) is 5.73 Å². The number of anilines is 1. The summed E-state index contributed by atoms with van der Waals surface area (Å²) >= 11 is 1.21. The van der Waals surface area contributed by atoms with Crippen molar-refractivity contribution >= 4 is 17.4 Å². The molecule has 3 nitrogen and oxygen atoms in total. The van der Waals surface area contributed by atoms with Crippen molar-refractivity contribution in [2.24, 2.45) is 0 Å². The highest BCUT2D eigenvalue weighted by Gasteiger charge is 2.14. The first kappa shape index (κ1) is 13.5. The van der Waals surface area contributed by atoms with Crippen molar-refractivity contribution in [2.45, 2.75) is 16.4 Å². The van der Waals surface area contributed by atoms with Crippen LogP contribution in [0.25, 0.3) is 0 Å². The molecule has 1 aromatic heterocycles. The Bertz CT molecular complexity index is 566. The molecule has 1 aromatic carbocycles. The molecule has 0 saturated heterocycles. The van der Waals surface area contributed by atoms with Crippen LogP contribution in [0.4, 0.5) is 18.9 Å². The number of aromatic nitrogens is 1. The summed E-state index contributed by atoms with van der Waals surface area (Å²) < 4.78 is 41.7. The number of alkyl halides is 2. The first-order valence-corrected chi connectivity index (χ1v) is 5.99. The number of benzene rings is 1. The van der Waals surface area contributed by atoms with Crippen LogP contribution in [0.5, 0.6) is 5.75 Å². The van der Waals surface area contributed by atoms with Gasteiger partial charge in [-0.1, -0.05) is 11.8 Å². The number of rotatable bonds is 4. The summed E-state index contributed by atoms with van der Waals surface area (Å²) in [6.45, 7) is -3.09. The van der Waals surface area contributed by atoms with Gasteiger partial charge >= 0.3 is 6.61 Å². The lowest BCUT2D eigenvalue weighted by Gasteiger charge is -2.10. The van der Waals surface area contributed by atoms with Gasteiger partial charge in [0, 0.05) is 33.9 Å². The molecule has 19 heavy (non-hydrogen) atoms. The van der Waals surface area contributed by atoms with Gasteiger partial charge in [-0.15, -0.1) is 0 Å². The van der Waals surface area contributed by atoms with E-state index in [0.717, 1.165) is 17.0 Å². The normalized spacial score (nSPS) is 10.7. The third kappa shape index (κ3) is 3.54. The number of halogens is 3. The molecule has 0 unspecified atom stereocenters. The first-order chi connectivity index (χ1) is 9.06. The minimum Gasteiger partial charge on any atom is -0.432 e. The Morgan fingerprint density at radius 3 is 2.53 bits per heavy atom. The van der Waals surface area contributed by atoms with E-state index < -0.39 is 18.2 Å². The molecular weight excluding hydrogens is 277 g/mol. The van der Waals surface area contributed by atoms with Crippen LogP contribution in [0.15, 0.2) is 46.5 Å².